The molecule has 2 atom stereocenters. The zero-order valence-electron chi connectivity index (χ0n) is 25.1. The number of carboxylic acid groups (broad SMARTS) is 1. The maximum atomic E-state index is 13.0. The van der Waals surface area contributed by atoms with E-state index in [2.05, 4.69) is 10.7 Å². The van der Waals surface area contributed by atoms with Gasteiger partial charge in [0.25, 0.3) is 0 Å². The molecule has 0 aliphatic heterocycles. The number of rotatable bonds is 17. The molecule has 0 fully saturated rings. The Bertz CT molecular complexity index is 1140. The SMILES string of the molecule is CC(C)(C)OC(=O)N[C@H](CNN(C(=O)OCc1ccccc1)C(N)CCCCCC(=O)OCc1ccccc1)CC(=O)O. The molecule has 0 heterocycles. The van der Waals surface area contributed by atoms with Crippen LogP contribution in [0, 0.1) is 0 Å². The standard InChI is InChI=1S/C31H44N4O8/c1-31(2,3)43-29(39)34-25(19-27(36)37)20-33-35(30(40)42-22-24-15-9-5-10-16-24)26(32)17-11-6-12-18-28(38)41-21-23-13-7-4-8-14-23/h4-5,7-10,13-16,25-26,33H,6,11-12,17-22,32H2,1-3H3,(H,34,39)(H,36,37)/t25-,26?/m0/s1. The monoisotopic (exact) mass is 600 g/mol. The van der Waals surface area contributed by atoms with Crippen molar-refractivity contribution in [2.24, 2.45) is 5.73 Å². The number of carbonyl (C=O) groups is 4. The first-order chi connectivity index (χ1) is 20.4. The third kappa shape index (κ3) is 15.6. The number of esters is 1. The number of hydrogen-bond donors (Lipinski definition) is 4. The van der Waals surface area contributed by atoms with Gasteiger partial charge in [-0.15, -0.1) is 0 Å². The van der Waals surface area contributed by atoms with Crippen LogP contribution in [0.1, 0.15) is 70.4 Å². The van der Waals surface area contributed by atoms with E-state index in [4.69, 9.17) is 19.9 Å². The fraction of sp³-hybridized carbons (Fsp3) is 0.484. The van der Waals surface area contributed by atoms with Crippen LogP contribution in [0.5, 0.6) is 0 Å². The third-order valence-corrected chi connectivity index (χ3v) is 6.01. The molecule has 2 aromatic rings. The fourth-order valence-electron chi connectivity index (χ4n) is 3.91. The second-order valence-electron chi connectivity index (χ2n) is 11.0. The van der Waals surface area contributed by atoms with Crippen molar-refractivity contribution in [3.8, 4) is 0 Å². The molecule has 0 radical (unpaired) electrons. The van der Waals surface area contributed by atoms with E-state index in [9.17, 15) is 24.3 Å². The highest BCUT2D eigenvalue weighted by molar-refractivity contribution is 5.72. The van der Waals surface area contributed by atoms with Crippen LogP contribution in [0.15, 0.2) is 60.7 Å². The summed E-state index contributed by atoms with van der Waals surface area (Å²) in [5.41, 5.74) is 10.1. The molecule has 1 unspecified atom stereocenters. The van der Waals surface area contributed by atoms with Crippen molar-refractivity contribution in [2.45, 2.75) is 90.3 Å². The van der Waals surface area contributed by atoms with Crippen molar-refractivity contribution >= 4 is 24.1 Å². The van der Waals surface area contributed by atoms with E-state index in [1.54, 1.807) is 20.8 Å². The van der Waals surface area contributed by atoms with E-state index in [0.29, 0.717) is 25.7 Å². The van der Waals surface area contributed by atoms with Gasteiger partial charge in [0.15, 0.2) is 0 Å². The highest BCUT2D eigenvalue weighted by Crippen LogP contribution is 2.12. The summed E-state index contributed by atoms with van der Waals surface area (Å²) in [5.74, 6) is -1.43. The Hall–Kier alpha value is -4.16. The van der Waals surface area contributed by atoms with Crippen molar-refractivity contribution in [3.63, 3.8) is 0 Å². The molecular formula is C31H44N4O8. The Morgan fingerprint density at radius 2 is 1.47 bits per heavy atom. The number of carbonyl (C=O) groups excluding carboxylic acids is 3. The van der Waals surface area contributed by atoms with Crippen molar-refractivity contribution < 1.29 is 38.5 Å². The molecule has 0 saturated carbocycles. The van der Waals surface area contributed by atoms with Gasteiger partial charge >= 0.3 is 24.1 Å². The van der Waals surface area contributed by atoms with E-state index in [1.807, 2.05) is 60.7 Å². The Morgan fingerprint density at radius 3 is 2.02 bits per heavy atom. The lowest BCUT2D eigenvalue weighted by atomic mass is 10.1. The Labute approximate surface area is 252 Å². The summed E-state index contributed by atoms with van der Waals surface area (Å²) in [5, 5.41) is 13.0. The Kier molecular flexibility index (Phi) is 15.0. The predicted molar refractivity (Wildman–Crippen MR) is 159 cm³/mol. The summed E-state index contributed by atoms with van der Waals surface area (Å²) in [6.07, 6.45) is -0.305. The second-order valence-corrected chi connectivity index (χ2v) is 11.0. The average molecular weight is 601 g/mol. The van der Waals surface area contributed by atoms with Crippen LogP contribution < -0.4 is 16.5 Å². The summed E-state index contributed by atoms with van der Waals surface area (Å²) in [4.78, 5) is 48.8. The zero-order valence-corrected chi connectivity index (χ0v) is 25.1. The Balaban J connectivity index is 1.91. The number of ether oxygens (including phenoxy) is 3. The van der Waals surface area contributed by atoms with Crippen LogP contribution >= 0.6 is 0 Å². The smallest absolute Gasteiger partial charge is 0.426 e. The molecule has 0 saturated heterocycles. The summed E-state index contributed by atoms with van der Waals surface area (Å²) in [6, 6.07) is 17.6. The molecule has 43 heavy (non-hydrogen) atoms. The van der Waals surface area contributed by atoms with E-state index in [1.165, 1.54) is 0 Å². The van der Waals surface area contributed by atoms with Crippen LogP contribution in [-0.4, -0.2) is 58.6 Å². The van der Waals surface area contributed by atoms with Gasteiger partial charge < -0.3 is 30.4 Å². The van der Waals surface area contributed by atoms with Gasteiger partial charge in [-0.3, -0.25) is 9.59 Å². The second kappa shape index (κ2) is 18.4. The number of nitrogens with one attached hydrogen (secondary N) is 2. The molecule has 0 aliphatic carbocycles. The van der Waals surface area contributed by atoms with Crippen LogP contribution in [-0.2, 0) is 37.0 Å². The van der Waals surface area contributed by atoms with Gasteiger partial charge in [0.05, 0.1) is 18.6 Å². The number of nitrogens with two attached hydrogens (primary N) is 1. The predicted octanol–water partition coefficient (Wildman–Crippen LogP) is 4.48. The summed E-state index contributed by atoms with van der Waals surface area (Å²) in [6.45, 7) is 5.16. The third-order valence-electron chi connectivity index (χ3n) is 6.01. The minimum Gasteiger partial charge on any atom is -0.481 e. The summed E-state index contributed by atoms with van der Waals surface area (Å²) < 4.78 is 16.0. The number of nitrogens with zero attached hydrogens (tertiary/aromatic N) is 1. The molecule has 0 bridgehead atoms. The maximum Gasteiger partial charge on any atom is 0.426 e. The van der Waals surface area contributed by atoms with Gasteiger partial charge in [-0.05, 0) is 51.2 Å². The summed E-state index contributed by atoms with van der Waals surface area (Å²) in [7, 11) is 0. The highest BCUT2D eigenvalue weighted by Gasteiger charge is 2.26. The molecule has 5 N–H and O–H groups in total. The van der Waals surface area contributed by atoms with Gasteiger partial charge in [-0.1, -0.05) is 67.1 Å². The molecule has 236 valence electrons. The van der Waals surface area contributed by atoms with Crippen molar-refractivity contribution in [1.29, 1.82) is 0 Å². The zero-order chi connectivity index (χ0) is 31.7. The van der Waals surface area contributed by atoms with E-state index in [-0.39, 0.29) is 32.1 Å². The number of hydrogen-bond acceptors (Lipinski definition) is 9. The van der Waals surface area contributed by atoms with E-state index < -0.39 is 42.4 Å². The number of aliphatic carboxylic acids is 1. The first-order valence-electron chi connectivity index (χ1n) is 14.3. The first kappa shape index (κ1) is 35.0. The number of amides is 2. The number of alkyl carbamates (subject to hydrolysis) is 1. The lowest BCUT2D eigenvalue weighted by Gasteiger charge is -2.30. The van der Waals surface area contributed by atoms with Gasteiger partial charge in [-0.25, -0.2) is 20.0 Å². The number of carboxylic acids is 1. The topological polar surface area (TPSA) is 170 Å². The molecule has 0 aliphatic rings. The van der Waals surface area contributed by atoms with Gasteiger partial charge in [0.1, 0.15) is 18.8 Å². The first-order valence-corrected chi connectivity index (χ1v) is 14.3. The molecule has 2 rings (SSSR count). The number of hydrazine groups is 1. The maximum absolute atomic E-state index is 13.0. The lowest BCUT2D eigenvalue weighted by Crippen LogP contribution is -2.57. The van der Waals surface area contributed by atoms with Gasteiger partial charge in [0, 0.05) is 13.0 Å². The van der Waals surface area contributed by atoms with Crippen molar-refractivity contribution in [2.75, 3.05) is 6.54 Å². The molecule has 12 nitrogen and oxygen atoms in total. The molecular weight excluding hydrogens is 556 g/mol. The van der Waals surface area contributed by atoms with Crippen molar-refractivity contribution in [3.05, 3.63) is 71.8 Å². The van der Waals surface area contributed by atoms with Crippen molar-refractivity contribution in [1.82, 2.24) is 15.8 Å². The lowest BCUT2D eigenvalue weighted by molar-refractivity contribution is -0.145. The van der Waals surface area contributed by atoms with Crippen LogP contribution in [0.4, 0.5) is 9.59 Å². The molecule has 0 aromatic heterocycles. The highest BCUT2D eigenvalue weighted by atomic mass is 16.6. The van der Waals surface area contributed by atoms with E-state index in [0.717, 1.165) is 16.1 Å². The van der Waals surface area contributed by atoms with E-state index >= 15 is 0 Å². The van der Waals surface area contributed by atoms with Crippen LogP contribution in [0.3, 0.4) is 0 Å². The fourth-order valence-corrected chi connectivity index (χ4v) is 3.91. The van der Waals surface area contributed by atoms with Gasteiger partial charge in [0.2, 0.25) is 0 Å². The minimum atomic E-state index is -1.15. The van der Waals surface area contributed by atoms with Gasteiger partial charge in [-0.2, -0.15) is 0 Å². The van der Waals surface area contributed by atoms with Crippen LogP contribution in [0.2, 0.25) is 0 Å². The molecule has 2 amide bonds. The average Bonchev–Trinajstić information content (AvgIpc) is 2.94. The van der Waals surface area contributed by atoms with Crippen LogP contribution in [0.25, 0.3) is 0 Å². The molecule has 12 heteroatoms. The molecule has 0 spiro atoms. The minimum absolute atomic E-state index is 0.00434. The largest absolute Gasteiger partial charge is 0.481 e. The quantitative estimate of drug-likeness (QED) is 0.0668. The number of unbranched alkanes of at least 4 members (excludes halogenated alkanes) is 2. The Morgan fingerprint density at radius 1 is 0.884 bits per heavy atom. The normalized spacial score (nSPS) is 12.5. The number of benzene rings is 2. The summed E-state index contributed by atoms with van der Waals surface area (Å²) >= 11 is 0. The molecule has 2 aromatic carbocycles.